The van der Waals surface area contributed by atoms with Gasteiger partial charge in [-0.25, -0.2) is 22.3 Å². The highest BCUT2D eigenvalue weighted by Crippen LogP contribution is 2.25. The second-order valence-corrected chi connectivity index (χ2v) is 8.06. The van der Waals surface area contributed by atoms with Gasteiger partial charge < -0.3 is 5.11 Å². The largest absolute Gasteiger partial charge is 0.478 e. The molecule has 0 radical (unpaired) electrons. The van der Waals surface area contributed by atoms with Crippen molar-refractivity contribution >= 4 is 31.9 Å². The fraction of sp³-hybridized carbons (Fsp3) is 0.462. The zero-order valence-electron chi connectivity index (χ0n) is 11.9. The number of sulfonamides is 1. The minimum absolute atomic E-state index is 0.125. The molecule has 0 heterocycles. The second-order valence-electron chi connectivity index (χ2n) is 5.41. The minimum Gasteiger partial charge on any atom is -0.478 e. The third-order valence-electron chi connectivity index (χ3n) is 3.22. The zero-order chi connectivity index (χ0) is 16.4. The smallest absolute Gasteiger partial charge is 0.338 e. The maximum absolute atomic E-state index is 14.1. The van der Waals surface area contributed by atoms with Crippen LogP contribution in [0.1, 0.15) is 37.6 Å². The first-order valence-electron chi connectivity index (χ1n) is 6.22. The fourth-order valence-corrected chi connectivity index (χ4v) is 3.38. The molecule has 0 aliphatic heterocycles. The van der Waals surface area contributed by atoms with E-state index in [0.29, 0.717) is 0 Å². The van der Waals surface area contributed by atoms with Crippen molar-refractivity contribution in [2.75, 3.05) is 6.54 Å². The molecular formula is C13H17BrFNO4S. The van der Waals surface area contributed by atoms with Gasteiger partial charge in [-0.05, 0) is 24.0 Å². The highest BCUT2D eigenvalue weighted by molar-refractivity contribution is 9.10. The van der Waals surface area contributed by atoms with Crippen LogP contribution in [0.25, 0.3) is 0 Å². The van der Waals surface area contributed by atoms with Crippen molar-refractivity contribution in [3.05, 3.63) is 28.0 Å². The summed E-state index contributed by atoms with van der Waals surface area (Å²) in [5, 5.41) is 8.90. The molecule has 0 amide bonds. The van der Waals surface area contributed by atoms with Crippen molar-refractivity contribution < 1.29 is 22.7 Å². The lowest BCUT2D eigenvalue weighted by Gasteiger charge is -2.23. The number of halogens is 2. The van der Waals surface area contributed by atoms with Gasteiger partial charge in [0.05, 0.1) is 5.56 Å². The Morgan fingerprint density at radius 2 is 2.00 bits per heavy atom. The number of hydrogen-bond donors (Lipinski definition) is 2. The molecule has 0 aromatic heterocycles. The van der Waals surface area contributed by atoms with Crippen LogP contribution < -0.4 is 4.72 Å². The van der Waals surface area contributed by atoms with Gasteiger partial charge in [0, 0.05) is 11.0 Å². The molecule has 0 aliphatic rings. The number of benzene rings is 1. The topological polar surface area (TPSA) is 83.5 Å². The van der Waals surface area contributed by atoms with Gasteiger partial charge in [0.15, 0.2) is 5.82 Å². The minimum atomic E-state index is -4.13. The van der Waals surface area contributed by atoms with Gasteiger partial charge in [-0.3, -0.25) is 0 Å². The van der Waals surface area contributed by atoms with E-state index in [2.05, 4.69) is 20.7 Å². The van der Waals surface area contributed by atoms with E-state index >= 15 is 0 Å². The molecule has 8 heteroatoms. The van der Waals surface area contributed by atoms with Gasteiger partial charge in [0.25, 0.3) is 0 Å². The summed E-state index contributed by atoms with van der Waals surface area (Å²) >= 11 is 2.99. The van der Waals surface area contributed by atoms with Crippen molar-refractivity contribution in [3.63, 3.8) is 0 Å². The Morgan fingerprint density at radius 1 is 1.43 bits per heavy atom. The van der Waals surface area contributed by atoms with Crippen molar-refractivity contribution in [3.8, 4) is 0 Å². The van der Waals surface area contributed by atoms with E-state index in [1.807, 2.05) is 20.8 Å². The van der Waals surface area contributed by atoms with E-state index in [1.165, 1.54) is 0 Å². The van der Waals surface area contributed by atoms with Gasteiger partial charge in [0.1, 0.15) is 4.90 Å². The Balaban J connectivity index is 3.23. The number of aromatic carboxylic acids is 1. The highest BCUT2D eigenvalue weighted by Gasteiger charge is 2.27. The molecule has 0 spiro atoms. The molecule has 5 nitrogen and oxygen atoms in total. The fourth-order valence-electron chi connectivity index (χ4n) is 1.41. The summed E-state index contributed by atoms with van der Waals surface area (Å²) in [6, 6.07) is 2.07. The van der Waals surface area contributed by atoms with Crippen LogP contribution in [0.3, 0.4) is 0 Å². The second kappa shape index (κ2) is 6.41. The molecule has 118 valence electrons. The zero-order valence-corrected chi connectivity index (χ0v) is 14.3. The van der Waals surface area contributed by atoms with Gasteiger partial charge in [-0.1, -0.05) is 36.7 Å². The van der Waals surface area contributed by atoms with Gasteiger partial charge in [-0.15, -0.1) is 0 Å². The molecule has 0 saturated heterocycles. The average molecular weight is 382 g/mol. The number of rotatable bonds is 6. The molecule has 0 fully saturated rings. The Morgan fingerprint density at radius 3 is 2.48 bits per heavy atom. The first-order chi connectivity index (χ1) is 9.50. The maximum Gasteiger partial charge on any atom is 0.338 e. The van der Waals surface area contributed by atoms with Gasteiger partial charge in [-0.2, -0.15) is 0 Å². The lowest BCUT2D eigenvalue weighted by Crippen LogP contribution is -2.34. The molecule has 1 rings (SSSR count). The summed E-state index contributed by atoms with van der Waals surface area (Å²) in [5.41, 5.74) is -0.981. The van der Waals surface area contributed by atoms with Crippen molar-refractivity contribution in [2.24, 2.45) is 5.41 Å². The van der Waals surface area contributed by atoms with E-state index in [4.69, 9.17) is 5.11 Å². The van der Waals surface area contributed by atoms with Crippen LogP contribution >= 0.6 is 15.9 Å². The molecule has 0 unspecified atom stereocenters. The van der Waals surface area contributed by atoms with Crippen LogP contribution in [0.15, 0.2) is 21.5 Å². The van der Waals surface area contributed by atoms with E-state index in [9.17, 15) is 17.6 Å². The molecule has 0 bridgehead atoms. The number of nitrogens with one attached hydrogen (secondary N) is 1. The first kappa shape index (κ1) is 18.1. The Kier molecular flexibility index (Phi) is 5.51. The van der Waals surface area contributed by atoms with Crippen molar-refractivity contribution in [1.29, 1.82) is 0 Å². The molecular weight excluding hydrogens is 365 g/mol. The van der Waals surface area contributed by atoms with Gasteiger partial charge >= 0.3 is 5.97 Å². The van der Waals surface area contributed by atoms with Crippen LogP contribution in [0, 0.1) is 11.2 Å². The summed E-state index contributed by atoms with van der Waals surface area (Å²) in [5.74, 6) is -2.80. The summed E-state index contributed by atoms with van der Waals surface area (Å²) in [7, 11) is -4.13. The third kappa shape index (κ3) is 4.49. The summed E-state index contributed by atoms with van der Waals surface area (Å²) in [4.78, 5) is 10.3. The monoisotopic (exact) mass is 381 g/mol. The molecule has 0 atom stereocenters. The number of carboxylic acid groups (broad SMARTS) is 1. The molecule has 0 saturated carbocycles. The lowest BCUT2D eigenvalue weighted by molar-refractivity contribution is 0.0691. The van der Waals surface area contributed by atoms with Crippen LogP contribution in [0.2, 0.25) is 0 Å². The van der Waals surface area contributed by atoms with Crippen LogP contribution in [0.5, 0.6) is 0 Å². The lowest BCUT2D eigenvalue weighted by atomic mass is 9.91. The Labute approximate surface area is 131 Å². The van der Waals surface area contributed by atoms with Gasteiger partial charge in [0.2, 0.25) is 10.0 Å². The van der Waals surface area contributed by atoms with E-state index in [0.717, 1.165) is 18.6 Å². The predicted molar refractivity (Wildman–Crippen MR) is 80.3 cm³/mol. The summed E-state index contributed by atoms with van der Waals surface area (Å²) in [6.45, 7) is 5.78. The third-order valence-corrected chi connectivity index (χ3v) is 5.08. The van der Waals surface area contributed by atoms with Crippen molar-refractivity contribution in [2.45, 2.75) is 32.1 Å². The first-order valence-corrected chi connectivity index (χ1v) is 8.50. The van der Waals surface area contributed by atoms with Crippen molar-refractivity contribution in [1.82, 2.24) is 4.72 Å². The van der Waals surface area contributed by atoms with E-state index < -0.39 is 32.3 Å². The Hall–Kier alpha value is -0.990. The normalized spacial score (nSPS) is 12.4. The number of carbonyl (C=O) groups is 1. The molecule has 1 aromatic rings. The highest BCUT2D eigenvalue weighted by atomic mass is 79.9. The molecule has 2 N–H and O–H groups in total. The molecule has 1 aromatic carbocycles. The predicted octanol–water partition coefficient (Wildman–Crippen LogP) is 3.00. The van der Waals surface area contributed by atoms with Crippen LogP contribution in [0.4, 0.5) is 4.39 Å². The molecule has 21 heavy (non-hydrogen) atoms. The van der Waals surface area contributed by atoms with Crippen LogP contribution in [-0.2, 0) is 10.0 Å². The van der Waals surface area contributed by atoms with Crippen LogP contribution in [-0.4, -0.2) is 26.0 Å². The average Bonchev–Trinajstić information content (AvgIpc) is 2.38. The summed E-state index contributed by atoms with van der Waals surface area (Å²) in [6.07, 6.45) is 0.733. The quantitative estimate of drug-likeness (QED) is 0.792. The van der Waals surface area contributed by atoms with E-state index in [1.54, 1.807) is 0 Å². The standard InChI is InChI=1S/C13H17BrFNO4S/c1-4-13(2,3)7-16-21(19,20)10-6-8(14)5-9(11(10)15)12(17)18/h5-6,16H,4,7H2,1-3H3,(H,17,18). The van der Waals surface area contributed by atoms with E-state index in [-0.39, 0.29) is 16.4 Å². The Bertz CT molecular complexity index is 658. The molecule has 0 aliphatic carbocycles. The SMILES string of the molecule is CCC(C)(C)CNS(=O)(=O)c1cc(Br)cc(C(=O)O)c1F. The maximum atomic E-state index is 14.1. The number of carboxylic acids is 1. The number of hydrogen-bond acceptors (Lipinski definition) is 3. The summed E-state index contributed by atoms with van der Waals surface area (Å²) < 4.78 is 40.9.